The molecule has 2 amide bonds. The van der Waals surface area contributed by atoms with Gasteiger partial charge in [-0.15, -0.1) is 0 Å². The first-order valence-electron chi connectivity index (χ1n) is 11.6. The molecule has 6 heteroatoms. The van der Waals surface area contributed by atoms with Crippen LogP contribution in [0.25, 0.3) is 10.8 Å². The van der Waals surface area contributed by atoms with Gasteiger partial charge in [0.15, 0.2) is 0 Å². The Bertz CT molecular complexity index is 879. The van der Waals surface area contributed by atoms with Crippen molar-refractivity contribution in [1.82, 2.24) is 4.90 Å². The summed E-state index contributed by atoms with van der Waals surface area (Å²) < 4.78 is 0. The minimum atomic E-state index is -0.622. The van der Waals surface area contributed by atoms with Crippen molar-refractivity contribution in [3.8, 4) is 0 Å². The van der Waals surface area contributed by atoms with Gasteiger partial charge in [0.05, 0.1) is 6.04 Å². The molecule has 3 rings (SSSR count). The van der Waals surface area contributed by atoms with E-state index in [-0.39, 0.29) is 11.8 Å². The van der Waals surface area contributed by atoms with Gasteiger partial charge in [-0.2, -0.15) is 0 Å². The Labute approximate surface area is 185 Å². The van der Waals surface area contributed by atoms with Crippen LogP contribution >= 0.6 is 0 Å². The molecule has 2 atom stereocenters. The molecule has 0 saturated heterocycles. The van der Waals surface area contributed by atoms with Crippen LogP contribution in [-0.4, -0.2) is 41.9 Å². The Morgan fingerprint density at radius 1 is 1.10 bits per heavy atom. The van der Waals surface area contributed by atoms with Gasteiger partial charge in [0.1, 0.15) is 6.04 Å². The van der Waals surface area contributed by atoms with Gasteiger partial charge in [0, 0.05) is 12.2 Å². The van der Waals surface area contributed by atoms with Crippen LogP contribution in [0.1, 0.15) is 51.9 Å². The highest BCUT2D eigenvalue weighted by molar-refractivity contribution is 5.99. The second kappa shape index (κ2) is 11.3. The summed E-state index contributed by atoms with van der Waals surface area (Å²) in [6.07, 6.45) is 7.05. The third-order valence-electron chi connectivity index (χ3n) is 6.36. The fraction of sp³-hybridized carbons (Fsp3) is 0.520. The van der Waals surface area contributed by atoms with E-state index >= 15 is 0 Å². The van der Waals surface area contributed by atoms with Crippen LogP contribution in [0, 0.1) is 5.92 Å². The highest BCUT2D eigenvalue weighted by atomic mass is 16.2. The summed E-state index contributed by atoms with van der Waals surface area (Å²) in [5, 5.41) is 5.18. The van der Waals surface area contributed by atoms with Crippen LogP contribution in [0.15, 0.2) is 42.5 Å². The zero-order valence-electron chi connectivity index (χ0n) is 18.6. The van der Waals surface area contributed by atoms with E-state index in [2.05, 4.69) is 5.32 Å². The molecule has 0 aromatic heterocycles. The number of carbonyl (C=O) groups is 2. The molecular formula is C25H36N4O2. The molecule has 0 bridgehead atoms. The molecule has 31 heavy (non-hydrogen) atoms. The standard InChI is InChI=1S/C25H36N4O2/c1-18(24(30)28-22-14-13-20-10-5-6-11-21(20)16-22)29(17-19-8-3-2-4-9-19)25(31)23(27)12-7-15-26/h5-6,10-11,13-14,16,18-19,23H,2-4,7-9,12,15,17,26-27H2,1H3,(H,28,30)/t18-,23+/m0/s1. The van der Waals surface area contributed by atoms with Gasteiger partial charge in [0.2, 0.25) is 11.8 Å². The molecule has 5 N–H and O–H groups in total. The summed E-state index contributed by atoms with van der Waals surface area (Å²) in [6.45, 7) is 2.88. The Hall–Kier alpha value is -2.44. The molecule has 0 spiro atoms. The van der Waals surface area contributed by atoms with Crippen molar-refractivity contribution in [3.05, 3.63) is 42.5 Å². The third kappa shape index (κ3) is 6.28. The van der Waals surface area contributed by atoms with E-state index in [0.29, 0.717) is 31.8 Å². The molecule has 168 valence electrons. The summed E-state index contributed by atoms with van der Waals surface area (Å²) in [5.74, 6) is 0.0842. The van der Waals surface area contributed by atoms with Crippen LogP contribution in [0.5, 0.6) is 0 Å². The van der Waals surface area contributed by atoms with Crippen LogP contribution in [0.3, 0.4) is 0 Å². The summed E-state index contributed by atoms with van der Waals surface area (Å²) in [4.78, 5) is 28.0. The quantitative estimate of drug-likeness (QED) is 0.572. The zero-order valence-corrected chi connectivity index (χ0v) is 18.6. The van der Waals surface area contributed by atoms with Gasteiger partial charge in [-0.05, 0) is 68.0 Å². The third-order valence-corrected chi connectivity index (χ3v) is 6.36. The largest absolute Gasteiger partial charge is 0.330 e. The number of anilines is 1. The van der Waals surface area contributed by atoms with Crippen molar-refractivity contribution >= 4 is 28.3 Å². The lowest BCUT2D eigenvalue weighted by molar-refractivity contribution is -0.140. The summed E-state index contributed by atoms with van der Waals surface area (Å²) in [5.41, 5.74) is 12.5. The van der Waals surface area contributed by atoms with Crippen molar-refractivity contribution in [2.45, 2.75) is 64.0 Å². The van der Waals surface area contributed by atoms with Gasteiger partial charge in [-0.3, -0.25) is 9.59 Å². The van der Waals surface area contributed by atoms with Gasteiger partial charge < -0.3 is 21.7 Å². The lowest BCUT2D eigenvalue weighted by Crippen LogP contribution is -2.53. The number of hydrogen-bond acceptors (Lipinski definition) is 4. The Morgan fingerprint density at radius 2 is 1.81 bits per heavy atom. The number of amides is 2. The van der Waals surface area contributed by atoms with Crippen molar-refractivity contribution in [1.29, 1.82) is 0 Å². The number of nitrogens with zero attached hydrogens (tertiary/aromatic N) is 1. The summed E-state index contributed by atoms with van der Waals surface area (Å²) in [6, 6.07) is 12.7. The molecule has 1 fully saturated rings. The Balaban J connectivity index is 1.73. The first kappa shape index (κ1) is 23.2. The molecular weight excluding hydrogens is 388 g/mol. The van der Waals surface area contributed by atoms with E-state index in [4.69, 9.17) is 11.5 Å². The SMILES string of the molecule is C[C@@H](C(=O)Nc1ccc2ccccc2c1)N(CC1CCCCC1)C(=O)[C@H](N)CCCN. The first-order chi connectivity index (χ1) is 15.0. The maximum absolute atomic E-state index is 13.2. The Morgan fingerprint density at radius 3 is 2.52 bits per heavy atom. The molecule has 0 aliphatic heterocycles. The monoisotopic (exact) mass is 424 g/mol. The smallest absolute Gasteiger partial charge is 0.246 e. The number of carbonyl (C=O) groups excluding carboxylic acids is 2. The van der Waals surface area contributed by atoms with Gasteiger partial charge in [0.25, 0.3) is 0 Å². The van der Waals surface area contributed by atoms with Gasteiger partial charge >= 0.3 is 0 Å². The molecule has 1 aliphatic rings. The zero-order chi connectivity index (χ0) is 22.2. The van der Waals surface area contributed by atoms with Crippen LogP contribution < -0.4 is 16.8 Å². The Kier molecular flexibility index (Phi) is 8.43. The summed E-state index contributed by atoms with van der Waals surface area (Å²) in [7, 11) is 0. The van der Waals surface area contributed by atoms with E-state index in [1.165, 1.54) is 19.3 Å². The van der Waals surface area contributed by atoms with E-state index in [0.717, 1.165) is 29.3 Å². The van der Waals surface area contributed by atoms with E-state index < -0.39 is 12.1 Å². The number of nitrogens with one attached hydrogen (secondary N) is 1. The number of benzene rings is 2. The minimum Gasteiger partial charge on any atom is -0.330 e. The number of nitrogens with two attached hydrogens (primary N) is 2. The topological polar surface area (TPSA) is 101 Å². The molecule has 2 aromatic carbocycles. The van der Waals surface area contributed by atoms with E-state index in [1.807, 2.05) is 42.5 Å². The normalized spacial score (nSPS) is 16.6. The van der Waals surface area contributed by atoms with Crippen LogP contribution in [-0.2, 0) is 9.59 Å². The molecule has 0 radical (unpaired) electrons. The number of hydrogen-bond donors (Lipinski definition) is 3. The highest BCUT2D eigenvalue weighted by Crippen LogP contribution is 2.26. The van der Waals surface area contributed by atoms with Crippen molar-refractivity contribution < 1.29 is 9.59 Å². The molecule has 1 saturated carbocycles. The van der Waals surface area contributed by atoms with Crippen molar-refractivity contribution in [3.63, 3.8) is 0 Å². The number of fused-ring (bicyclic) bond motifs is 1. The lowest BCUT2D eigenvalue weighted by Gasteiger charge is -2.35. The fourth-order valence-electron chi connectivity index (χ4n) is 4.42. The van der Waals surface area contributed by atoms with Crippen molar-refractivity contribution in [2.75, 3.05) is 18.4 Å². The van der Waals surface area contributed by atoms with E-state index in [1.54, 1.807) is 11.8 Å². The lowest BCUT2D eigenvalue weighted by atomic mass is 9.88. The van der Waals surface area contributed by atoms with Gasteiger partial charge in [-0.25, -0.2) is 0 Å². The van der Waals surface area contributed by atoms with Crippen molar-refractivity contribution in [2.24, 2.45) is 17.4 Å². The summed E-state index contributed by atoms with van der Waals surface area (Å²) >= 11 is 0. The minimum absolute atomic E-state index is 0.153. The maximum atomic E-state index is 13.2. The van der Waals surface area contributed by atoms with E-state index in [9.17, 15) is 9.59 Å². The number of rotatable bonds is 9. The molecule has 0 heterocycles. The second-order valence-corrected chi connectivity index (χ2v) is 8.76. The predicted octanol–water partition coefficient (Wildman–Crippen LogP) is 3.64. The second-order valence-electron chi connectivity index (χ2n) is 8.76. The fourth-order valence-corrected chi connectivity index (χ4v) is 4.42. The highest BCUT2D eigenvalue weighted by Gasteiger charge is 2.31. The van der Waals surface area contributed by atoms with Crippen LogP contribution in [0.2, 0.25) is 0 Å². The maximum Gasteiger partial charge on any atom is 0.246 e. The average Bonchev–Trinajstić information content (AvgIpc) is 2.80. The molecule has 6 nitrogen and oxygen atoms in total. The predicted molar refractivity (Wildman–Crippen MR) is 127 cm³/mol. The molecule has 1 aliphatic carbocycles. The molecule has 2 aromatic rings. The first-order valence-corrected chi connectivity index (χ1v) is 11.6. The van der Waals surface area contributed by atoms with Gasteiger partial charge in [-0.1, -0.05) is 49.6 Å². The average molecular weight is 425 g/mol. The molecule has 0 unspecified atom stereocenters. The van der Waals surface area contributed by atoms with Crippen LogP contribution in [0.4, 0.5) is 5.69 Å².